The van der Waals surface area contributed by atoms with Gasteiger partial charge in [0, 0.05) is 49.2 Å². The topological polar surface area (TPSA) is 112 Å². The summed E-state index contributed by atoms with van der Waals surface area (Å²) in [4.78, 5) is 16.7. The van der Waals surface area contributed by atoms with Crippen molar-refractivity contribution in [1.29, 1.82) is 0 Å². The van der Waals surface area contributed by atoms with Gasteiger partial charge in [-0.1, -0.05) is 6.07 Å². The zero-order valence-corrected chi connectivity index (χ0v) is 19.1. The molecule has 3 aromatic rings. The summed E-state index contributed by atoms with van der Waals surface area (Å²) < 4.78 is 41.5. The fourth-order valence-electron chi connectivity index (χ4n) is 3.44. The summed E-state index contributed by atoms with van der Waals surface area (Å²) in [5, 5.41) is 2.86. The molecule has 0 atom stereocenters. The van der Waals surface area contributed by atoms with E-state index in [0.717, 1.165) is 25.2 Å². The molecule has 0 radical (unpaired) electrons. The van der Waals surface area contributed by atoms with Gasteiger partial charge in [0.1, 0.15) is 5.82 Å². The fourth-order valence-corrected chi connectivity index (χ4v) is 4.51. The van der Waals surface area contributed by atoms with E-state index >= 15 is 0 Å². The summed E-state index contributed by atoms with van der Waals surface area (Å²) in [5.41, 5.74) is 0.663. The summed E-state index contributed by atoms with van der Waals surface area (Å²) in [7, 11) is -3.88. The van der Waals surface area contributed by atoms with Gasteiger partial charge in [-0.2, -0.15) is 0 Å². The number of carbonyl (C=O) groups excluding carboxylic acids is 1. The maximum Gasteiger partial charge on any atom is 0.262 e. The van der Waals surface area contributed by atoms with Crippen LogP contribution in [-0.4, -0.2) is 43.6 Å². The molecule has 4 rings (SSSR count). The molecule has 0 fully saturated rings. The van der Waals surface area contributed by atoms with Crippen LogP contribution in [0, 0.1) is 6.92 Å². The van der Waals surface area contributed by atoms with Gasteiger partial charge in [-0.05, 0) is 43.7 Å². The van der Waals surface area contributed by atoms with Gasteiger partial charge in [0.05, 0.1) is 18.1 Å². The molecule has 1 aliphatic heterocycles. The standard InChI is InChI=1S/C23H26N4O5S/c1-17-24-10-12-27(17)11-3-9-25-23(28)18-5-2-6-19(15-18)26-33(29,30)20-7-8-21-22(16-20)32-14-4-13-31-21/h2,5-8,10,12,15-16,26H,3-4,9,11,13-14H2,1H3,(H,25,28). The second kappa shape index (κ2) is 9.95. The molecule has 9 nitrogen and oxygen atoms in total. The second-order valence-electron chi connectivity index (χ2n) is 7.62. The number of benzene rings is 2. The molecule has 33 heavy (non-hydrogen) atoms. The first-order valence-electron chi connectivity index (χ1n) is 10.7. The molecule has 174 valence electrons. The normalized spacial score (nSPS) is 13.2. The van der Waals surface area contributed by atoms with Crippen molar-refractivity contribution in [3.05, 3.63) is 66.2 Å². The highest BCUT2D eigenvalue weighted by molar-refractivity contribution is 7.92. The van der Waals surface area contributed by atoms with Crippen molar-refractivity contribution in [2.75, 3.05) is 24.5 Å². The van der Waals surface area contributed by atoms with Crippen molar-refractivity contribution in [1.82, 2.24) is 14.9 Å². The number of aryl methyl sites for hydroxylation is 2. The number of sulfonamides is 1. The van der Waals surface area contributed by atoms with Gasteiger partial charge in [-0.25, -0.2) is 13.4 Å². The maximum absolute atomic E-state index is 12.9. The first-order valence-corrected chi connectivity index (χ1v) is 12.2. The highest BCUT2D eigenvalue weighted by Gasteiger charge is 2.19. The first-order chi connectivity index (χ1) is 15.9. The van der Waals surface area contributed by atoms with Crippen molar-refractivity contribution in [2.24, 2.45) is 0 Å². The number of fused-ring (bicyclic) bond motifs is 1. The molecule has 2 heterocycles. The van der Waals surface area contributed by atoms with E-state index in [9.17, 15) is 13.2 Å². The smallest absolute Gasteiger partial charge is 0.262 e. The van der Waals surface area contributed by atoms with Crippen LogP contribution in [0.15, 0.2) is 59.8 Å². The number of anilines is 1. The summed E-state index contributed by atoms with van der Waals surface area (Å²) in [6.45, 7) is 4.15. The van der Waals surface area contributed by atoms with E-state index in [-0.39, 0.29) is 10.8 Å². The number of hydrogen-bond donors (Lipinski definition) is 2. The van der Waals surface area contributed by atoms with E-state index in [1.165, 1.54) is 18.2 Å². The van der Waals surface area contributed by atoms with Crippen molar-refractivity contribution in [2.45, 2.75) is 31.2 Å². The van der Waals surface area contributed by atoms with Crippen LogP contribution in [0.1, 0.15) is 29.0 Å². The molecule has 1 aromatic heterocycles. The Morgan fingerprint density at radius 2 is 1.94 bits per heavy atom. The lowest BCUT2D eigenvalue weighted by Crippen LogP contribution is -2.25. The van der Waals surface area contributed by atoms with E-state index in [2.05, 4.69) is 15.0 Å². The number of rotatable bonds is 8. The summed E-state index contributed by atoms with van der Waals surface area (Å²) in [5.74, 6) is 1.58. The Bertz CT molecular complexity index is 1240. The van der Waals surface area contributed by atoms with Crippen LogP contribution in [0.2, 0.25) is 0 Å². The minimum atomic E-state index is -3.88. The average molecular weight is 471 g/mol. The summed E-state index contributed by atoms with van der Waals surface area (Å²) in [6, 6.07) is 10.9. The molecule has 0 spiro atoms. The Kier molecular flexibility index (Phi) is 6.83. The molecule has 10 heteroatoms. The number of aromatic nitrogens is 2. The predicted octanol–water partition coefficient (Wildman–Crippen LogP) is 2.97. The van der Waals surface area contributed by atoms with E-state index in [4.69, 9.17) is 9.47 Å². The fraction of sp³-hybridized carbons (Fsp3) is 0.304. The molecular weight excluding hydrogens is 444 g/mol. The number of nitrogens with zero attached hydrogens (tertiary/aromatic N) is 2. The molecule has 2 aromatic carbocycles. The van der Waals surface area contributed by atoms with Gasteiger partial charge >= 0.3 is 0 Å². The van der Waals surface area contributed by atoms with Crippen LogP contribution >= 0.6 is 0 Å². The van der Waals surface area contributed by atoms with E-state index in [1.807, 2.05) is 17.7 Å². The molecule has 0 bridgehead atoms. The third kappa shape index (κ3) is 5.64. The molecule has 2 N–H and O–H groups in total. The van der Waals surface area contributed by atoms with Crippen LogP contribution < -0.4 is 19.5 Å². The Labute approximate surface area is 192 Å². The third-order valence-electron chi connectivity index (χ3n) is 5.19. The Morgan fingerprint density at radius 3 is 2.73 bits per heavy atom. The van der Waals surface area contributed by atoms with Gasteiger partial charge in [0.2, 0.25) is 0 Å². The van der Waals surface area contributed by atoms with Crippen molar-refractivity contribution in [3.8, 4) is 11.5 Å². The molecule has 1 amide bonds. The van der Waals surface area contributed by atoms with Crippen LogP contribution in [0.25, 0.3) is 0 Å². The summed E-state index contributed by atoms with van der Waals surface area (Å²) >= 11 is 0. The van der Waals surface area contributed by atoms with Crippen LogP contribution in [-0.2, 0) is 16.6 Å². The number of nitrogens with one attached hydrogen (secondary N) is 2. The van der Waals surface area contributed by atoms with Crippen molar-refractivity contribution < 1.29 is 22.7 Å². The maximum atomic E-state index is 12.9. The molecular formula is C23H26N4O5S. The van der Waals surface area contributed by atoms with E-state index < -0.39 is 10.0 Å². The second-order valence-corrected chi connectivity index (χ2v) is 9.31. The lowest BCUT2D eigenvalue weighted by atomic mass is 10.2. The Morgan fingerprint density at radius 1 is 1.12 bits per heavy atom. The quantitative estimate of drug-likeness (QED) is 0.490. The monoisotopic (exact) mass is 470 g/mol. The minimum absolute atomic E-state index is 0.0522. The molecule has 1 aliphatic rings. The lowest BCUT2D eigenvalue weighted by molar-refractivity contribution is 0.0952. The van der Waals surface area contributed by atoms with E-state index in [0.29, 0.717) is 42.5 Å². The van der Waals surface area contributed by atoms with Crippen LogP contribution in [0.5, 0.6) is 11.5 Å². The number of carbonyl (C=O) groups is 1. The van der Waals surface area contributed by atoms with Gasteiger partial charge < -0.3 is 19.4 Å². The molecule has 0 unspecified atom stereocenters. The molecule has 0 saturated heterocycles. The number of imidazole rings is 1. The van der Waals surface area contributed by atoms with Crippen molar-refractivity contribution in [3.63, 3.8) is 0 Å². The largest absolute Gasteiger partial charge is 0.490 e. The van der Waals surface area contributed by atoms with Gasteiger partial charge in [-0.3, -0.25) is 9.52 Å². The zero-order chi connectivity index (χ0) is 23.3. The van der Waals surface area contributed by atoms with Gasteiger partial charge in [0.25, 0.3) is 15.9 Å². The third-order valence-corrected chi connectivity index (χ3v) is 6.57. The highest BCUT2D eigenvalue weighted by atomic mass is 32.2. The number of amides is 1. The Balaban J connectivity index is 1.38. The lowest BCUT2D eigenvalue weighted by Gasteiger charge is -2.12. The molecule has 0 saturated carbocycles. The Hall–Kier alpha value is -3.53. The predicted molar refractivity (Wildman–Crippen MR) is 123 cm³/mol. The first kappa shape index (κ1) is 22.7. The average Bonchev–Trinajstić information content (AvgIpc) is 3.06. The highest BCUT2D eigenvalue weighted by Crippen LogP contribution is 2.32. The molecule has 0 aliphatic carbocycles. The van der Waals surface area contributed by atoms with Crippen molar-refractivity contribution >= 4 is 21.6 Å². The zero-order valence-electron chi connectivity index (χ0n) is 18.3. The van der Waals surface area contributed by atoms with Gasteiger partial charge in [0.15, 0.2) is 11.5 Å². The van der Waals surface area contributed by atoms with Crippen LogP contribution in [0.3, 0.4) is 0 Å². The minimum Gasteiger partial charge on any atom is -0.490 e. The SMILES string of the molecule is Cc1nccn1CCCNC(=O)c1cccc(NS(=O)(=O)c2ccc3c(c2)OCCCO3)c1. The van der Waals surface area contributed by atoms with E-state index in [1.54, 1.807) is 30.5 Å². The number of hydrogen-bond acceptors (Lipinski definition) is 6. The summed E-state index contributed by atoms with van der Waals surface area (Å²) in [6.07, 6.45) is 5.12. The van der Waals surface area contributed by atoms with Crippen LogP contribution in [0.4, 0.5) is 5.69 Å². The van der Waals surface area contributed by atoms with Gasteiger partial charge in [-0.15, -0.1) is 0 Å². The number of ether oxygens (including phenoxy) is 2.